The molecule has 5 aromatic rings. The summed E-state index contributed by atoms with van der Waals surface area (Å²) >= 11 is 3.45. The Kier molecular flexibility index (Phi) is 4.86. The molecule has 3 aromatic heterocycles. The van der Waals surface area contributed by atoms with E-state index in [0.717, 1.165) is 10.0 Å². The molecule has 2 aromatic carbocycles. The summed E-state index contributed by atoms with van der Waals surface area (Å²) in [6.45, 7) is 0.277. The first-order valence-corrected chi connectivity index (χ1v) is 9.98. The normalized spacial score (nSPS) is 11.3. The highest BCUT2D eigenvalue weighted by Gasteiger charge is 2.16. The number of halogens is 2. The second-order valence-corrected chi connectivity index (χ2v) is 7.57. The highest BCUT2D eigenvalue weighted by molar-refractivity contribution is 9.10. The fraction of sp³-hybridized carbons (Fsp3) is 0.100. The van der Waals surface area contributed by atoms with Crippen molar-refractivity contribution < 1.29 is 8.91 Å². The smallest absolute Gasteiger partial charge is 0.283 e. The van der Waals surface area contributed by atoms with Crippen LogP contribution in [0.4, 0.5) is 4.39 Å². The van der Waals surface area contributed by atoms with Crippen LogP contribution in [0.1, 0.15) is 11.5 Å². The van der Waals surface area contributed by atoms with Crippen LogP contribution < -0.4 is 5.56 Å². The van der Waals surface area contributed by atoms with Crippen LogP contribution in [0.15, 0.2) is 68.6 Å². The van der Waals surface area contributed by atoms with Crippen LogP contribution in [-0.4, -0.2) is 34.7 Å². The van der Waals surface area contributed by atoms with Crippen molar-refractivity contribution in [2.45, 2.75) is 13.1 Å². The minimum atomic E-state index is -0.392. The quantitative estimate of drug-likeness (QED) is 0.379. The number of nitrogens with zero attached hydrogens (tertiary/aromatic N) is 7. The molecule has 0 saturated heterocycles. The summed E-state index contributed by atoms with van der Waals surface area (Å²) in [4.78, 5) is 21.5. The molecule has 0 bridgehead atoms. The Bertz CT molecular complexity index is 1460. The average Bonchev–Trinajstić information content (AvgIpc) is 3.38. The monoisotopic (exact) mass is 481 g/mol. The summed E-state index contributed by atoms with van der Waals surface area (Å²) in [5.41, 5.74) is 1.48. The first-order valence-electron chi connectivity index (χ1n) is 9.19. The van der Waals surface area contributed by atoms with Gasteiger partial charge in [-0.2, -0.15) is 4.98 Å². The first-order chi connectivity index (χ1) is 15.1. The van der Waals surface area contributed by atoms with Gasteiger partial charge in [-0.15, -0.1) is 5.10 Å². The number of hydrogen-bond donors (Lipinski definition) is 0. The predicted octanol–water partition coefficient (Wildman–Crippen LogP) is 3.04. The zero-order chi connectivity index (χ0) is 21.4. The lowest BCUT2D eigenvalue weighted by atomic mass is 10.2. The lowest BCUT2D eigenvalue weighted by Crippen LogP contribution is -2.21. The van der Waals surface area contributed by atoms with E-state index in [-0.39, 0.29) is 30.3 Å². The van der Waals surface area contributed by atoms with Crippen LogP contribution >= 0.6 is 15.9 Å². The van der Waals surface area contributed by atoms with Crippen LogP contribution in [0.25, 0.3) is 22.6 Å². The van der Waals surface area contributed by atoms with Crippen LogP contribution in [0, 0.1) is 5.82 Å². The highest BCUT2D eigenvalue weighted by Crippen LogP contribution is 2.25. The van der Waals surface area contributed by atoms with Gasteiger partial charge in [-0.1, -0.05) is 50.6 Å². The number of rotatable bonds is 5. The van der Waals surface area contributed by atoms with Crippen molar-refractivity contribution in [2.24, 2.45) is 0 Å². The van der Waals surface area contributed by atoms with Crippen molar-refractivity contribution in [3.63, 3.8) is 0 Å². The Labute approximate surface area is 182 Å². The molecule has 0 aliphatic rings. The molecule has 31 heavy (non-hydrogen) atoms. The molecule has 0 unspecified atom stereocenters. The summed E-state index contributed by atoms with van der Waals surface area (Å²) in [5, 5.41) is 11.9. The second-order valence-electron chi connectivity index (χ2n) is 6.72. The summed E-state index contributed by atoms with van der Waals surface area (Å²) in [7, 11) is 0. The summed E-state index contributed by atoms with van der Waals surface area (Å²) in [5.74, 6) is 0.311. The first kappa shape index (κ1) is 19.2. The third kappa shape index (κ3) is 3.75. The molecule has 154 valence electrons. The van der Waals surface area contributed by atoms with Crippen molar-refractivity contribution in [1.29, 1.82) is 0 Å². The largest absolute Gasteiger partial charge is 0.337 e. The third-order valence-electron chi connectivity index (χ3n) is 4.60. The maximum atomic E-state index is 13.4. The lowest BCUT2D eigenvalue weighted by Gasteiger charge is -2.03. The van der Waals surface area contributed by atoms with Crippen molar-refractivity contribution in [3.8, 4) is 11.4 Å². The zero-order valence-electron chi connectivity index (χ0n) is 15.8. The number of hydrogen-bond acceptors (Lipinski definition) is 7. The molecular formula is C20H13BrFN7O2. The molecule has 5 rings (SSSR count). The fourth-order valence-corrected chi connectivity index (χ4v) is 3.59. The Balaban J connectivity index is 1.42. The van der Waals surface area contributed by atoms with E-state index in [1.165, 1.54) is 27.7 Å². The second kappa shape index (κ2) is 7.84. The molecular weight excluding hydrogens is 469 g/mol. The van der Waals surface area contributed by atoms with Gasteiger partial charge in [-0.25, -0.2) is 14.1 Å². The average molecular weight is 482 g/mol. The third-order valence-corrected chi connectivity index (χ3v) is 5.29. The molecule has 0 N–H and O–H groups in total. The molecule has 0 aliphatic heterocycles. The molecule has 0 spiro atoms. The SMILES string of the molecule is O=c1c2nnn(Cc3cccc(F)c3)c2ncn1Cc1nc(-c2ccccc2Br)no1. The van der Waals surface area contributed by atoms with Crippen molar-refractivity contribution in [3.05, 3.63) is 87.0 Å². The van der Waals surface area contributed by atoms with Gasteiger partial charge in [0.05, 0.1) is 6.54 Å². The van der Waals surface area contributed by atoms with Gasteiger partial charge < -0.3 is 4.52 Å². The Hall–Kier alpha value is -3.73. The van der Waals surface area contributed by atoms with Gasteiger partial charge in [0.2, 0.25) is 11.7 Å². The molecule has 0 saturated carbocycles. The van der Waals surface area contributed by atoms with E-state index < -0.39 is 5.56 Å². The maximum absolute atomic E-state index is 13.4. The van der Waals surface area contributed by atoms with E-state index in [4.69, 9.17) is 4.52 Å². The summed E-state index contributed by atoms with van der Waals surface area (Å²) < 4.78 is 22.3. The van der Waals surface area contributed by atoms with E-state index in [0.29, 0.717) is 17.0 Å². The Morgan fingerprint density at radius 3 is 2.81 bits per heavy atom. The van der Waals surface area contributed by atoms with Crippen molar-refractivity contribution >= 4 is 27.1 Å². The Morgan fingerprint density at radius 1 is 1.10 bits per heavy atom. The van der Waals surface area contributed by atoms with Crippen LogP contribution in [0.2, 0.25) is 0 Å². The van der Waals surface area contributed by atoms with E-state index in [1.54, 1.807) is 12.1 Å². The minimum absolute atomic E-state index is 0.0377. The lowest BCUT2D eigenvalue weighted by molar-refractivity contribution is 0.369. The van der Waals surface area contributed by atoms with E-state index in [9.17, 15) is 9.18 Å². The van der Waals surface area contributed by atoms with Gasteiger partial charge in [0.25, 0.3) is 5.56 Å². The van der Waals surface area contributed by atoms with Crippen LogP contribution in [0.5, 0.6) is 0 Å². The standard InChI is InChI=1S/C20H13BrFN7O2/c21-15-7-2-1-6-14(15)18-24-16(31-26-18)10-28-11-23-19-17(20(28)30)25-27-29(19)9-12-4-3-5-13(22)8-12/h1-8,11H,9-10H2. The molecule has 0 aliphatic carbocycles. The fourth-order valence-electron chi connectivity index (χ4n) is 3.13. The van der Waals surface area contributed by atoms with Crippen LogP contribution in [0.3, 0.4) is 0 Å². The van der Waals surface area contributed by atoms with Gasteiger partial charge in [0.15, 0.2) is 11.2 Å². The topological polar surface area (TPSA) is 105 Å². The highest BCUT2D eigenvalue weighted by atomic mass is 79.9. The van der Waals surface area contributed by atoms with Crippen molar-refractivity contribution in [2.75, 3.05) is 0 Å². The molecule has 0 atom stereocenters. The van der Waals surface area contributed by atoms with E-state index in [2.05, 4.69) is 41.4 Å². The molecule has 0 fully saturated rings. The Morgan fingerprint density at radius 2 is 1.97 bits per heavy atom. The minimum Gasteiger partial charge on any atom is -0.337 e. The molecule has 0 amide bonds. The van der Waals surface area contributed by atoms with E-state index >= 15 is 0 Å². The van der Waals surface area contributed by atoms with Gasteiger partial charge in [0, 0.05) is 10.0 Å². The number of aromatic nitrogens is 7. The maximum Gasteiger partial charge on any atom is 0.283 e. The number of benzene rings is 2. The van der Waals surface area contributed by atoms with Gasteiger partial charge >= 0.3 is 0 Å². The molecule has 9 nitrogen and oxygen atoms in total. The van der Waals surface area contributed by atoms with Crippen molar-refractivity contribution in [1.82, 2.24) is 34.7 Å². The van der Waals surface area contributed by atoms with E-state index in [1.807, 2.05) is 24.3 Å². The van der Waals surface area contributed by atoms with Crippen LogP contribution in [-0.2, 0) is 13.1 Å². The predicted molar refractivity (Wildman–Crippen MR) is 112 cm³/mol. The number of fused-ring (bicyclic) bond motifs is 1. The summed E-state index contributed by atoms with van der Waals surface area (Å²) in [6, 6.07) is 13.6. The van der Waals surface area contributed by atoms with Gasteiger partial charge in [-0.05, 0) is 29.8 Å². The van der Waals surface area contributed by atoms with Gasteiger partial charge in [-0.3, -0.25) is 9.36 Å². The zero-order valence-corrected chi connectivity index (χ0v) is 17.4. The molecule has 11 heteroatoms. The molecule has 3 heterocycles. The molecule has 0 radical (unpaired) electrons. The van der Waals surface area contributed by atoms with Gasteiger partial charge in [0.1, 0.15) is 18.7 Å². The summed E-state index contributed by atoms with van der Waals surface area (Å²) in [6.07, 6.45) is 1.37.